The molecule has 0 heterocycles. The predicted octanol–water partition coefficient (Wildman–Crippen LogP) is 5.80. The largest absolute Gasteiger partial charge is 0.507 e. The monoisotopic (exact) mass is 310 g/mol. The molecule has 0 bridgehead atoms. The fourth-order valence-electron chi connectivity index (χ4n) is 3.15. The lowest BCUT2D eigenvalue weighted by molar-refractivity contribution is 0.471. The number of phenols is 1. The van der Waals surface area contributed by atoms with Crippen molar-refractivity contribution in [3.63, 3.8) is 0 Å². The Kier molecular flexibility index (Phi) is 3.76. The van der Waals surface area contributed by atoms with E-state index in [4.69, 9.17) is 0 Å². The van der Waals surface area contributed by atoms with Crippen LogP contribution >= 0.6 is 0 Å². The predicted molar refractivity (Wildman–Crippen MR) is 100 cm³/mol. The van der Waals surface area contributed by atoms with Crippen molar-refractivity contribution in [1.82, 2.24) is 0 Å². The minimum absolute atomic E-state index is 0.372. The van der Waals surface area contributed by atoms with E-state index in [0.717, 1.165) is 23.1 Å². The van der Waals surface area contributed by atoms with Gasteiger partial charge in [0.2, 0.25) is 0 Å². The molecular formula is C23H18O. The average molecular weight is 310 g/mol. The smallest absolute Gasteiger partial charge is 0.126 e. The van der Waals surface area contributed by atoms with E-state index in [-0.39, 0.29) is 0 Å². The summed E-state index contributed by atoms with van der Waals surface area (Å²) >= 11 is 0. The lowest BCUT2D eigenvalue weighted by atomic mass is 9.96. The Hall–Kier alpha value is -3.06. The van der Waals surface area contributed by atoms with Crippen molar-refractivity contribution in [3.8, 4) is 16.9 Å². The van der Waals surface area contributed by atoms with Crippen molar-refractivity contribution < 1.29 is 5.11 Å². The van der Waals surface area contributed by atoms with Gasteiger partial charge in [0.1, 0.15) is 5.75 Å². The molecule has 0 saturated carbocycles. The number of hydrogen-bond donors (Lipinski definition) is 1. The number of phenolic OH excluding ortho intramolecular Hbond substituents is 1. The van der Waals surface area contributed by atoms with Crippen molar-refractivity contribution >= 4 is 10.8 Å². The summed E-state index contributed by atoms with van der Waals surface area (Å²) in [5.74, 6) is 0.372. The lowest BCUT2D eigenvalue weighted by Crippen LogP contribution is -1.91. The number of aromatic hydroxyl groups is 1. The van der Waals surface area contributed by atoms with Gasteiger partial charge in [0.15, 0.2) is 0 Å². The SMILES string of the molecule is Oc1c(Cc2ccc3ccccc3c2)cccc1-c1ccccc1. The first-order valence-corrected chi connectivity index (χ1v) is 8.15. The van der Waals surface area contributed by atoms with Gasteiger partial charge in [-0.1, -0.05) is 91.0 Å². The van der Waals surface area contributed by atoms with Gasteiger partial charge in [0, 0.05) is 12.0 Å². The van der Waals surface area contributed by atoms with Gasteiger partial charge in [-0.25, -0.2) is 0 Å². The Morgan fingerprint density at radius 1 is 0.625 bits per heavy atom. The van der Waals surface area contributed by atoms with E-state index in [9.17, 15) is 5.11 Å². The van der Waals surface area contributed by atoms with Gasteiger partial charge in [-0.05, 0) is 27.5 Å². The second-order valence-corrected chi connectivity index (χ2v) is 6.04. The highest BCUT2D eigenvalue weighted by atomic mass is 16.3. The van der Waals surface area contributed by atoms with Crippen LogP contribution in [-0.4, -0.2) is 5.11 Å². The van der Waals surface area contributed by atoms with Crippen LogP contribution in [0.2, 0.25) is 0 Å². The molecule has 0 fully saturated rings. The highest BCUT2D eigenvalue weighted by Crippen LogP contribution is 2.33. The highest BCUT2D eigenvalue weighted by molar-refractivity contribution is 5.83. The molecule has 4 aromatic rings. The zero-order valence-electron chi connectivity index (χ0n) is 13.3. The van der Waals surface area contributed by atoms with Crippen LogP contribution < -0.4 is 0 Å². The molecule has 116 valence electrons. The number of rotatable bonds is 3. The van der Waals surface area contributed by atoms with E-state index < -0.39 is 0 Å². The summed E-state index contributed by atoms with van der Waals surface area (Å²) < 4.78 is 0. The fourth-order valence-corrected chi connectivity index (χ4v) is 3.15. The van der Waals surface area contributed by atoms with Gasteiger partial charge in [-0.15, -0.1) is 0 Å². The summed E-state index contributed by atoms with van der Waals surface area (Å²) in [6.45, 7) is 0. The minimum Gasteiger partial charge on any atom is -0.507 e. The van der Waals surface area contributed by atoms with Gasteiger partial charge in [-0.3, -0.25) is 0 Å². The first-order valence-electron chi connectivity index (χ1n) is 8.15. The van der Waals surface area contributed by atoms with Crippen molar-refractivity contribution in [1.29, 1.82) is 0 Å². The standard InChI is InChI=1S/C23H18O/c24-23-21(11-6-12-22(23)19-8-2-1-3-9-19)16-17-13-14-18-7-4-5-10-20(18)15-17/h1-15,24H,16H2. The van der Waals surface area contributed by atoms with Crippen LogP contribution in [0.25, 0.3) is 21.9 Å². The lowest BCUT2D eigenvalue weighted by Gasteiger charge is -2.11. The van der Waals surface area contributed by atoms with Crippen molar-refractivity contribution in [3.05, 3.63) is 102 Å². The maximum absolute atomic E-state index is 10.7. The molecular weight excluding hydrogens is 292 g/mol. The number of fused-ring (bicyclic) bond motifs is 1. The van der Waals surface area contributed by atoms with E-state index in [2.05, 4.69) is 42.5 Å². The Balaban J connectivity index is 1.71. The van der Waals surface area contributed by atoms with Crippen molar-refractivity contribution in [2.75, 3.05) is 0 Å². The second-order valence-electron chi connectivity index (χ2n) is 6.04. The third kappa shape index (κ3) is 2.77. The van der Waals surface area contributed by atoms with E-state index in [0.29, 0.717) is 5.75 Å². The topological polar surface area (TPSA) is 20.2 Å². The maximum Gasteiger partial charge on any atom is 0.126 e. The third-order valence-corrected chi connectivity index (χ3v) is 4.41. The molecule has 0 aliphatic rings. The number of hydrogen-bond acceptors (Lipinski definition) is 1. The molecule has 24 heavy (non-hydrogen) atoms. The quantitative estimate of drug-likeness (QED) is 0.507. The number of para-hydroxylation sites is 1. The Labute approximate surface area is 141 Å². The first kappa shape index (κ1) is 14.5. The normalized spacial score (nSPS) is 10.8. The Morgan fingerprint density at radius 2 is 1.38 bits per heavy atom. The van der Waals surface area contributed by atoms with Crippen LogP contribution in [0.4, 0.5) is 0 Å². The second kappa shape index (κ2) is 6.21. The van der Waals surface area contributed by atoms with Gasteiger partial charge < -0.3 is 5.11 Å². The summed E-state index contributed by atoms with van der Waals surface area (Å²) in [5, 5.41) is 13.2. The Morgan fingerprint density at radius 3 is 2.21 bits per heavy atom. The molecule has 1 heteroatoms. The van der Waals surface area contributed by atoms with Crippen molar-refractivity contribution in [2.24, 2.45) is 0 Å². The molecule has 0 aromatic heterocycles. The van der Waals surface area contributed by atoms with Gasteiger partial charge >= 0.3 is 0 Å². The molecule has 0 spiro atoms. The summed E-state index contributed by atoms with van der Waals surface area (Å²) in [6, 6.07) is 30.8. The Bertz CT molecular complexity index is 987. The molecule has 0 unspecified atom stereocenters. The molecule has 0 aliphatic carbocycles. The summed E-state index contributed by atoms with van der Waals surface area (Å²) in [6.07, 6.45) is 0.720. The summed E-state index contributed by atoms with van der Waals surface area (Å²) in [7, 11) is 0. The van der Waals surface area contributed by atoms with E-state index in [1.54, 1.807) is 0 Å². The molecule has 0 saturated heterocycles. The zero-order valence-corrected chi connectivity index (χ0v) is 13.3. The van der Waals surface area contributed by atoms with Crippen LogP contribution in [0, 0.1) is 0 Å². The van der Waals surface area contributed by atoms with Gasteiger partial charge in [0.05, 0.1) is 0 Å². The summed E-state index contributed by atoms with van der Waals surface area (Å²) in [5.41, 5.74) is 4.07. The molecule has 0 radical (unpaired) electrons. The molecule has 1 nitrogen and oxygen atoms in total. The van der Waals surface area contributed by atoms with Gasteiger partial charge in [-0.2, -0.15) is 0 Å². The third-order valence-electron chi connectivity index (χ3n) is 4.41. The van der Waals surface area contributed by atoms with Crippen LogP contribution in [0.1, 0.15) is 11.1 Å². The fraction of sp³-hybridized carbons (Fsp3) is 0.0435. The average Bonchev–Trinajstić information content (AvgIpc) is 2.64. The maximum atomic E-state index is 10.7. The van der Waals surface area contributed by atoms with Gasteiger partial charge in [0.25, 0.3) is 0 Å². The molecule has 1 N–H and O–H groups in total. The van der Waals surface area contributed by atoms with E-state index in [1.807, 2.05) is 48.5 Å². The van der Waals surface area contributed by atoms with Crippen LogP contribution in [0.15, 0.2) is 91.0 Å². The highest BCUT2D eigenvalue weighted by Gasteiger charge is 2.09. The van der Waals surface area contributed by atoms with E-state index in [1.165, 1.54) is 16.3 Å². The minimum atomic E-state index is 0.372. The number of benzene rings is 4. The summed E-state index contributed by atoms with van der Waals surface area (Å²) in [4.78, 5) is 0. The van der Waals surface area contributed by atoms with Crippen LogP contribution in [0.5, 0.6) is 5.75 Å². The molecule has 0 amide bonds. The first-order chi connectivity index (χ1) is 11.8. The van der Waals surface area contributed by atoms with Crippen molar-refractivity contribution in [2.45, 2.75) is 6.42 Å². The van der Waals surface area contributed by atoms with Crippen LogP contribution in [0.3, 0.4) is 0 Å². The molecule has 4 rings (SSSR count). The van der Waals surface area contributed by atoms with Crippen LogP contribution in [-0.2, 0) is 6.42 Å². The van der Waals surface area contributed by atoms with E-state index >= 15 is 0 Å². The molecule has 4 aromatic carbocycles. The zero-order chi connectivity index (χ0) is 16.4. The molecule has 0 aliphatic heterocycles. The molecule has 0 atom stereocenters.